The standard InChI is InChI=1S/C24H19Cl2N5O2/c1-13-3-6-20-17(9-13)21(14(2)31(20)11-15-4-5-16(25)10-18(15)26)22(32)24-30-29-23(33-24)19-7-8-27-12-28-19/h3-10,12,14,21H,11H2,1-2H3. The second kappa shape index (κ2) is 8.57. The van der Waals surface area contributed by atoms with Gasteiger partial charge in [0.2, 0.25) is 5.78 Å². The molecule has 0 aliphatic carbocycles. The molecule has 0 amide bonds. The molecule has 0 fully saturated rings. The van der Waals surface area contributed by atoms with Crippen LogP contribution < -0.4 is 4.90 Å². The number of Topliss-reactive ketones (excluding diaryl/α,β-unsaturated/α-hetero) is 1. The van der Waals surface area contributed by atoms with Crippen LogP contribution in [0.1, 0.15) is 40.2 Å². The van der Waals surface area contributed by atoms with Crippen LogP contribution in [0.4, 0.5) is 5.69 Å². The maximum Gasteiger partial charge on any atom is 0.285 e. The summed E-state index contributed by atoms with van der Waals surface area (Å²) in [5, 5.41) is 9.20. The Morgan fingerprint density at radius 1 is 1.12 bits per heavy atom. The van der Waals surface area contributed by atoms with E-state index in [2.05, 4.69) is 25.1 Å². The van der Waals surface area contributed by atoms with Gasteiger partial charge in [-0.05, 0) is 49.2 Å². The van der Waals surface area contributed by atoms with Gasteiger partial charge in [-0.15, -0.1) is 10.2 Å². The molecular formula is C24H19Cl2N5O2. The summed E-state index contributed by atoms with van der Waals surface area (Å²) in [6, 6.07) is 13.1. The van der Waals surface area contributed by atoms with Crippen LogP contribution in [-0.2, 0) is 6.54 Å². The summed E-state index contributed by atoms with van der Waals surface area (Å²) in [5.74, 6) is -0.559. The fourth-order valence-corrected chi connectivity index (χ4v) is 4.71. The van der Waals surface area contributed by atoms with Gasteiger partial charge < -0.3 is 9.32 Å². The predicted octanol–water partition coefficient (Wildman–Crippen LogP) is 5.52. The molecule has 0 bridgehead atoms. The Morgan fingerprint density at radius 2 is 1.97 bits per heavy atom. The van der Waals surface area contributed by atoms with E-state index in [1.807, 2.05) is 44.2 Å². The minimum absolute atomic E-state index is 0.0423. The van der Waals surface area contributed by atoms with Crippen LogP contribution in [0.5, 0.6) is 0 Å². The van der Waals surface area contributed by atoms with Crippen molar-refractivity contribution < 1.29 is 9.21 Å². The van der Waals surface area contributed by atoms with Crippen LogP contribution in [0.15, 0.2) is 59.4 Å². The topological polar surface area (TPSA) is 85.0 Å². The molecule has 7 nitrogen and oxygen atoms in total. The van der Waals surface area contributed by atoms with E-state index < -0.39 is 5.92 Å². The first-order chi connectivity index (χ1) is 15.9. The molecule has 33 heavy (non-hydrogen) atoms. The van der Waals surface area contributed by atoms with Gasteiger partial charge in [0.25, 0.3) is 11.8 Å². The largest absolute Gasteiger partial charge is 0.412 e. The van der Waals surface area contributed by atoms with Gasteiger partial charge in [0.1, 0.15) is 12.0 Å². The number of carbonyl (C=O) groups excluding carboxylic acids is 1. The second-order valence-corrected chi connectivity index (χ2v) is 8.86. The molecule has 2 aromatic carbocycles. The van der Waals surface area contributed by atoms with Crippen molar-refractivity contribution in [1.82, 2.24) is 20.2 Å². The first-order valence-electron chi connectivity index (χ1n) is 10.4. The molecule has 3 heterocycles. The number of ketones is 1. The van der Waals surface area contributed by atoms with Crippen molar-refractivity contribution in [2.45, 2.75) is 32.4 Å². The van der Waals surface area contributed by atoms with Crippen molar-refractivity contribution in [2.75, 3.05) is 4.90 Å². The number of fused-ring (bicyclic) bond motifs is 1. The number of halogens is 2. The normalized spacial score (nSPS) is 17.3. The van der Waals surface area contributed by atoms with E-state index in [1.165, 1.54) is 6.33 Å². The van der Waals surface area contributed by atoms with Crippen molar-refractivity contribution in [1.29, 1.82) is 0 Å². The molecule has 0 radical (unpaired) electrons. The van der Waals surface area contributed by atoms with Gasteiger partial charge in [-0.3, -0.25) is 4.79 Å². The lowest BCUT2D eigenvalue weighted by atomic mass is 9.90. The molecule has 0 spiro atoms. The summed E-state index contributed by atoms with van der Waals surface area (Å²) >= 11 is 12.5. The molecule has 9 heteroatoms. The number of aromatic nitrogens is 4. The molecule has 0 saturated heterocycles. The maximum atomic E-state index is 13.6. The fourth-order valence-electron chi connectivity index (χ4n) is 4.24. The van der Waals surface area contributed by atoms with E-state index in [0.29, 0.717) is 22.3 Å². The van der Waals surface area contributed by atoms with E-state index in [9.17, 15) is 4.79 Å². The molecule has 2 atom stereocenters. The SMILES string of the molecule is Cc1ccc2c(c1)C(C(=O)c1nnc(-c3ccncn3)o1)C(C)N2Cc1ccc(Cl)cc1Cl. The highest BCUT2D eigenvalue weighted by Crippen LogP contribution is 2.44. The minimum atomic E-state index is -0.468. The fraction of sp³-hybridized carbons (Fsp3) is 0.208. The summed E-state index contributed by atoms with van der Waals surface area (Å²) in [6.45, 7) is 4.56. The summed E-state index contributed by atoms with van der Waals surface area (Å²) in [5.41, 5.74) is 4.37. The second-order valence-electron chi connectivity index (χ2n) is 8.02. The number of benzene rings is 2. The minimum Gasteiger partial charge on any atom is -0.412 e. The number of rotatable bonds is 5. The quantitative estimate of drug-likeness (QED) is 0.348. The lowest BCUT2D eigenvalue weighted by Crippen LogP contribution is -2.34. The Kier molecular flexibility index (Phi) is 5.60. The average molecular weight is 480 g/mol. The highest BCUT2D eigenvalue weighted by atomic mass is 35.5. The Balaban J connectivity index is 1.50. The van der Waals surface area contributed by atoms with Gasteiger partial charge in [-0.1, -0.05) is 47.0 Å². The third-order valence-corrected chi connectivity index (χ3v) is 6.46. The molecule has 0 saturated carbocycles. The maximum absolute atomic E-state index is 13.6. The van der Waals surface area contributed by atoms with Crippen LogP contribution in [0, 0.1) is 6.92 Å². The Labute approximate surface area is 200 Å². The predicted molar refractivity (Wildman–Crippen MR) is 126 cm³/mol. The zero-order valence-electron chi connectivity index (χ0n) is 17.9. The molecule has 4 aromatic rings. The van der Waals surface area contributed by atoms with Crippen LogP contribution in [0.3, 0.4) is 0 Å². The van der Waals surface area contributed by atoms with Gasteiger partial charge in [0.15, 0.2) is 0 Å². The summed E-state index contributed by atoms with van der Waals surface area (Å²) in [7, 11) is 0. The Hall–Kier alpha value is -3.29. The molecular weight excluding hydrogens is 461 g/mol. The van der Waals surface area contributed by atoms with Gasteiger partial charge >= 0.3 is 0 Å². The highest BCUT2D eigenvalue weighted by Gasteiger charge is 2.42. The van der Waals surface area contributed by atoms with Crippen molar-refractivity contribution in [3.05, 3.63) is 87.6 Å². The number of carbonyl (C=O) groups is 1. The monoisotopic (exact) mass is 479 g/mol. The lowest BCUT2D eigenvalue weighted by molar-refractivity contribution is 0.0919. The zero-order valence-corrected chi connectivity index (χ0v) is 19.4. The van der Waals surface area contributed by atoms with Gasteiger partial charge in [0, 0.05) is 34.5 Å². The van der Waals surface area contributed by atoms with Gasteiger partial charge in [-0.2, -0.15) is 0 Å². The number of hydrogen-bond donors (Lipinski definition) is 0. The molecule has 2 aromatic heterocycles. The Morgan fingerprint density at radius 3 is 2.73 bits per heavy atom. The van der Waals surface area contributed by atoms with E-state index in [1.54, 1.807) is 18.3 Å². The summed E-state index contributed by atoms with van der Waals surface area (Å²) < 4.78 is 5.71. The lowest BCUT2D eigenvalue weighted by Gasteiger charge is -2.27. The summed E-state index contributed by atoms with van der Waals surface area (Å²) in [4.78, 5) is 23.7. The molecule has 0 N–H and O–H groups in total. The third kappa shape index (κ3) is 3.98. The summed E-state index contributed by atoms with van der Waals surface area (Å²) in [6.07, 6.45) is 2.96. The first-order valence-corrected chi connectivity index (χ1v) is 11.1. The van der Waals surface area contributed by atoms with E-state index >= 15 is 0 Å². The number of aryl methyl sites for hydroxylation is 1. The number of hydrogen-bond acceptors (Lipinski definition) is 7. The van der Waals surface area contributed by atoms with E-state index in [-0.39, 0.29) is 23.6 Å². The molecule has 1 aliphatic rings. The first kappa shape index (κ1) is 21.6. The highest BCUT2D eigenvalue weighted by molar-refractivity contribution is 6.35. The van der Waals surface area contributed by atoms with Crippen molar-refractivity contribution in [3.8, 4) is 11.6 Å². The van der Waals surface area contributed by atoms with Crippen LogP contribution in [0.25, 0.3) is 11.6 Å². The van der Waals surface area contributed by atoms with Gasteiger partial charge in [-0.25, -0.2) is 9.97 Å². The molecule has 2 unspecified atom stereocenters. The average Bonchev–Trinajstić information content (AvgIpc) is 3.39. The van der Waals surface area contributed by atoms with Crippen molar-refractivity contribution in [3.63, 3.8) is 0 Å². The third-order valence-electron chi connectivity index (χ3n) is 5.88. The van der Waals surface area contributed by atoms with E-state index in [0.717, 1.165) is 22.4 Å². The Bertz CT molecular complexity index is 1340. The number of anilines is 1. The molecule has 166 valence electrons. The smallest absolute Gasteiger partial charge is 0.285 e. The molecule has 5 rings (SSSR count). The number of nitrogens with zero attached hydrogens (tertiary/aromatic N) is 5. The van der Waals surface area contributed by atoms with Crippen LogP contribution in [-0.4, -0.2) is 32.0 Å². The van der Waals surface area contributed by atoms with Crippen molar-refractivity contribution in [2.24, 2.45) is 0 Å². The van der Waals surface area contributed by atoms with Crippen LogP contribution in [0.2, 0.25) is 10.0 Å². The van der Waals surface area contributed by atoms with E-state index in [4.69, 9.17) is 27.6 Å². The van der Waals surface area contributed by atoms with Crippen LogP contribution >= 0.6 is 23.2 Å². The zero-order chi connectivity index (χ0) is 23.1. The van der Waals surface area contributed by atoms with Gasteiger partial charge in [0.05, 0.1) is 5.92 Å². The molecule has 1 aliphatic heterocycles. The van der Waals surface area contributed by atoms with Crippen molar-refractivity contribution >= 4 is 34.7 Å².